The van der Waals surface area contributed by atoms with E-state index in [4.69, 9.17) is 31.4 Å². The first-order valence-electron chi connectivity index (χ1n) is 16.1. The first-order chi connectivity index (χ1) is 23.9. The fraction of sp³-hybridized carbons (Fsp3) is 0.353. The summed E-state index contributed by atoms with van der Waals surface area (Å²) in [6.07, 6.45) is 4.36. The molecular weight excluding hydrogens is 646 g/mol. The highest BCUT2D eigenvalue weighted by molar-refractivity contribution is 6.04. The Morgan fingerprint density at radius 2 is 1.70 bits per heavy atom. The Hall–Kier alpha value is -6.06. The highest BCUT2D eigenvalue weighted by Crippen LogP contribution is 2.38. The van der Waals surface area contributed by atoms with Gasteiger partial charge in [-0.3, -0.25) is 29.2 Å². The van der Waals surface area contributed by atoms with Gasteiger partial charge in [0.1, 0.15) is 34.5 Å². The minimum atomic E-state index is -0.658. The molecule has 1 fully saturated rings. The van der Waals surface area contributed by atoms with Gasteiger partial charge in [0.25, 0.3) is 5.91 Å². The lowest BCUT2D eigenvalue weighted by Crippen LogP contribution is -2.39. The minimum absolute atomic E-state index is 0.187. The number of nitrogens with two attached hydrogens (primary N) is 3. The normalized spacial score (nSPS) is 15.4. The number of benzene rings is 2. The zero-order chi connectivity index (χ0) is 36.1. The number of nitrogens with one attached hydrogen (secondary N) is 2. The van der Waals surface area contributed by atoms with Gasteiger partial charge in [0.05, 0.1) is 36.5 Å². The van der Waals surface area contributed by atoms with Gasteiger partial charge in [-0.05, 0) is 63.9 Å². The Morgan fingerprint density at radius 3 is 2.36 bits per heavy atom. The Morgan fingerprint density at radius 1 is 1.00 bits per heavy atom. The molecule has 1 aliphatic rings. The van der Waals surface area contributed by atoms with Gasteiger partial charge in [0.2, 0.25) is 17.8 Å². The van der Waals surface area contributed by atoms with Crippen molar-refractivity contribution in [3.05, 3.63) is 65.0 Å². The summed E-state index contributed by atoms with van der Waals surface area (Å²) in [5, 5.41) is 10.5. The number of rotatable bonds is 15. The molecule has 1 aliphatic carbocycles. The van der Waals surface area contributed by atoms with E-state index in [0.29, 0.717) is 72.1 Å². The number of hydrogen-bond acceptors (Lipinski definition) is 11. The Balaban J connectivity index is 1.37. The van der Waals surface area contributed by atoms with E-state index in [1.165, 1.54) is 31.4 Å². The van der Waals surface area contributed by atoms with Gasteiger partial charge in [0.15, 0.2) is 0 Å². The summed E-state index contributed by atoms with van der Waals surface area (Å²) < 4.78 is 20.2. The number of fused-ring (bicyclic) bond motifs is 1. The van der Waals surface area contributed by atoms with Crippen molar-refractivity contribution in [2.45, 2.75) is 52.8 Å². The largest absolute Gasteiger partial charge is 0.494 e. The average molecular weight is 688 g/mol. The van der Waals surface area contributed by atoms with E-state index in [1.54, 1.807) is 29.2 Å². The molecule has 16 heteroatoms. The number of imidazole rings is 1. The topological polar surface area (TPSA) is 234 Å². The van der Waals surface area contributed by atoms with Gasteiger partial charge in [-0.1, -0.05) is 12.2 Å². The van der Waals surface area contributed by atoms with Crippen LogP contribution in [0.25, 0.3) is 11.0 Å². The zero-order valence-electron chi connectivity index (χ0n) is 28.3. The van der Waals surface area contributed by atoms with Crippen LogP contribution in [0.1, 0.15) is 63.6 Å². The van der Waals surface area contributed by atoms with Crippen LogP contribution in [0, 0.1) is 12.8 Å². The number of nitrogens with zero attached hydrogens (tertiary/aromatic N) is 4. The van der Waals surface area contributed by atoms with Gasteiger partial charge in [-0.2, -0.15) is 5.10 Å². The molecule has 0 unspecified atom stereocenters. The molecule has 0 atom stereocenters. The van der Waals surface area contributed by atoms with E-state index in [0.717, 1.165) is 0 Å². The second-order valence-corrected chi connectivity index (χ2v) is 11.7. The van der Waals surface area contributed by atoms with Crippen molar-refractivity contribution >= 4 is 52.0 Å². The quantitative estimate of drug-likeness (QED) is 0.0692. The summed E-state index contributed by atoms with van der Waals surface area (Å²) >= 11 is 0. The van der Waals surface area contributed by atoms with Gasteiger partial charge < -0.3 is 41.3 Å². The van der Waals surface area contributed by atoms with Gasteiger partial charge >= 0.3 is 5.97 Å². The van der Waals surface area contributed by atoms with Crippen LogP contribution >= 0.6 is 0 Å². The third-order valence-corrected chi connectivity index (χ3v) is 8.25. The molecule has 1 saturated carbocycles. The summed E-state index contributed by atoms with van der Waals surface area (Å²) in [7, 11) is 1.46. The van der Waals surface area contributed by atoms with Crippen molar-refractivity contribution in [2.75, 3.05) is 36.6 Å². The van der Waals surface area contributed by atoms with Crippen molar-refractivity contribution in [2.24, 2.45) is 17.4 Å². The third kappa shape index (κ3) is 7.48. The molecule has 0 radical (unpaired) electrons. The zero-order valence-corrected chi connectivity index (χ0v) is 28.3. The van der Waals surface area contributed by atoms with E-state index >= 15 is 0 Å². The average Bonchev–Trinajstić information content (AvgIpc) is 3.61. The molecule has 4 aromatic rings. The molecule has 3 amide bonds. The molecular formula is C34H41N9O7. The number of carbonyl (C=O) groups is 4. The van der Waals surface area contributed by atoms with Crippen molar-refractivity contribution in [3.63, 3.8) is 0 Å². The Labute approximate surface area is 287 Å². The van der Waals surface area contributed by atoms with Gasteiger partial charge in [0, 0.05) is 30.8 Å². The van der Waals surface area contributed by atoms with Crippen LogP contribution in [-0.4, -0.2) is 69.4 Å². The molecule has 264 valence electrons. The number of nitrogen functional groups attached to an aromatic ring is 1. The molecule has 0 bridgehead atoms. The second-order valence-electron chi connectivity index (χ2n) is 11.7. The van der Waals surface area contributed by atoms with E-state index in [9.17, 15) is 19.2 Å². The number of aryl methyl sites for hydroxylation is 2. The summed E-state index contributed by atoms with van der Waals surface area (Å²) in [5.74, 6) is -1.33. The van der Waals surface area contributed by atoms with Crippen molar-refractivity contribution in [1.82, 2.24) is 19.3 Å². The first-order valence-corrected chi connectivity index (χ1v) is 16.1. The number of anilines is 3. The van der Waals surface area contributed by atoms with Crippen LogP contribution in [0.15, 0.2) is 42.5 Å². The Kier molecular flexibility index (Phi) is 10.6. The Bertz CT molecular complexity index is 1970. The van der Waals surface area contributed by atoms with Crippen molar-refractivity contribution in [1.29, 1.82) is 0 Å². The van der Waals surface area contributed by atoms with Crippen molar-refractivity contribution < 1.29 is 33.4 Å². The van der Waals surface area contributed by atoms with Gasteiger partial charge in [-0.15, -0.1) is 0 Å². The number of esters is 1. The fourth-order valence-electron chi connectivity index (χ4n) is 5.72. The number of aromatic nitrogens is 4. The lowest BCUT2D eigenvalue weighted by atomic mass is 9.82. The maximum absolute atomic E-state index is 13.4. The number of hydrogen-bond donors (Lipinski definition) is 5. The van der Waals surface area contributed by atoms with Crippen LogP contribution in [0.4, 0.5) is 17.3 Å². The van der Waals surface area contributed by atoms with Crippen LogP contribution in [0.5, 0.6) is 11.5 Å². The molecule has 5 rings (SSSR count). The summed E-state index contributed by atoms with van der Waals surface area (Å²) in [4.78, 5) is 54.0. The highest BCUT2D eigenvalue weighted by Gasteiger charge is 2.37. The fourth-order valence-corrected chi connectivity index (χ4v) is 5.72. The molecule has 8 N–H and O–H groups in total. The number of methoxy groups -OCH3 is 1. The van der Waals surface area contributed by atoms with E-state index in [-0.39, 0.29) is 47.3 Å². The standard InChI is InChI=1S/C34H41N9O7/c1-5-43-25(11-18(3)41-43)32(46)40-34-39-24-15-20(31(37)45)17-27(48-4)29(24)42(34)10-8-7-9-38-28-23(35)14-19(30(36)44)16-26(28)50-22-12-21(13-22)33(47)49-6-2/h7-8,11,14-17,21-22,38H,5-6,9-10,12-13,35H2,1-4H3,(H2,36,44)(H2,37,45)(H,39,40,46)/b8-7+. The summed E-state index contributed by atoms with van der Waals surface area (Å²) in [6, 6.07) is 7.73. The predicted octanol–water partition coefficient (Wildman–Crippen LogP) is 2.99. The first kappa shape index (κ1) is 35.3. The summed E-state index contributed by atoms with van der Waals surface area (Å²) in [5.41, 5.74) is 20.5. The summed E-state index contributed by atoms with van der Waals surface area (Å²) in [6.45, 7) is 6.78. The van der Waals surface area contributed by atoms with Crippen LogP contribution in [0.3, 0.4) is 0 Å². The molecule has 0 saturated heterocycles. The molecule has 2 heterocycles. The number of carbonyl (C=O) groups excluding carboxylic acids is 4. The number of amides is 3. The maximum Gasteiger partial charge on any atom is 0.309 e. The highest BCUT2D eigenvalue weighted by atomic mass is 16.5. The van der Waals surface area contributed by atoms with E-state index in [2.05, 4.69) is 20.7 Å². The third-order valence-electron chi connectivity index (χ3n) is 8.25. The lowest BCUT2D eigenvalue weighted by molar-refractivity contribution is -0.154. The van der Waals surface area contributed by atoms with Crippen LogP contribution in [-0.2, 0) is 22.6 Å². The van der Waals surface area contributed by atoms with E-state index in [1.807, 2.05) is 19.1 Å². The smallest absolute Gasteiger partial charge is 0.309 e. The molecule has 2 aromatic carbocycles. The minimum Gasteiger partial charge on any atom is -0.494 e. The van der Waals surface area contributed by atoms with Crippen molar-refractivity contribution in [3.8, 4) is 11.5 Å². The molecule has 50 heavy (non-hydrogen) atoms. The number of allylic oxidation sites excluding steroid dienone is 1. The predicted molar refractivity (Wildman–Crippen MR) is 186 cm³/mol. The lowest BCUT2D eigenvalue weighted by Gasteiger charge is -2.34. The molecule has 2 aromatic heterocycles. The molecule has 16 nitrogen and oxygen atoms in total. The molecule has 0 aliphatic heterocycles. The number of primary amides is 2. The monoisotopic (exact) mass is 687 g/mol. The molecule has 0 spiro atoms. The maximum atomic E-state index is 13.4. The van der Waals surface area contributed by atoms with Crippen LogP contribution < -0.4 is 37.3 Å². The number of ether oxygens (including phenoxy) is 3. The second kappa shape index (κ2) is 15.0. The van der Waals surface area contributed by atoms with Crippen LogP contribution in [0.2, 0.25) is 0 Å². The van der Waals surface area contributed by atoms with E-state index < -0.39 is 17.7 Å². The van der Waals surface area contributed by atoms with Gasteiger partial charge in [-0.25, -0.2) is 4.98 Å². The SMILES string of the molecule is CCOC(=O)C1CC(Oc2cc(C(N)=O)cc(N)c2NC/C=C/Cn2c(NC(=O)c3cc(C)nn3CC)nc3cc(C(N)=O)cc(OC)c32)C1.